The molecule has 15 heavy (non-hydrogen) atoms. The fourth-order valence-electron chi connectivity index (χ4n) is 1.45. The minimum atomic E-state index is -2.71. The van der Waals surface area contributed by atoms with E-state index in [1.165, 1.54) is 0 Å². The van der Waals surface area contributed by atoms with Gasteiger partial charge in [0.25, 0.3) is 11.2 Å². The molecule has 88 valence electrons. The van der Waals surface area contributed by atoms with E-state index in [0.717, 1.165) is 0 Å². The molecule has 0 aromatic carbocycles. The quantitative estimate of drug-likeness (QED) is 0.661. The van der Waals surface area contributed by atoms with Crippen LogP contribution < -0.4 is 0 Å². The molecule has 0 bridgehead atoms. The van der Waals surface area contributed by atoms with Gasteiger partial charge in [0.1, 0.15) is 0 Å². The minimum Gasteiger partial charge on any atom is -0.470 e. The lowest BCUT2D eigenvalue weighted by Crippen LogP contribution is -2.52. The summed E-state index contributed by atoms with van der Waals surface area (Å²) in [4.78, 5) is 23.6. The van der Waals surface area contributed by atoms with Gasteiger partial charge in [0.2, 0.25) is 0 Å². The highest BCUT2D eigenvalue weighted by Crippen LogP contribution is 2.21. The van der Waals surface area contributed by atoms with Crippen molar-refractivity contribution < 1.29 is 19.1 Å². The van der Waals surface area contributed by atoms with E-state index in [2.05, 4.69) is 0 Å². The Kier molecular flexibility index (Phi) is 6.23. The van der Waals surface area contributed by atoms with Gasteiger partial charge >= 0.3 is 8.07 Å². The second-order valence-electron chi connectivity index (χ2n) is 3.23. The van der Waals surface area contributed by atoms with Crippen molar-refractivity contribution >= 4 is 19.3 Å². The summed E-state index contributed by atoms with van der Waals surface area (Å²) in [6.07, 6.45) is 0. The van der Waals surface area contributed by atoms with Gasteiger partial charge in [0.15, 0.2) is 0 Å². The number of carbonyl (C=O) groups is 2. The zero-order valence-electron chi connectivity index (χ0n) is 9.96. The van der Waals surface area contributed by atoms with E-state index in [4.69, 9.17) is 9.47 Å². The fourth-order valence-corrected chi connectivity index (χ4v) is 4.11. The van der Waals surface area contributed by atoms with Crippen molar-refractivity contribution in [3.05, 3.63) is 0 Å². The zero-order valence-corrected chi connectivity index (χ0v) is 11.0. The van der Waals surface area contributed by atoms with Crippen LogP contribution in [0.15, 0.2) is 0 Å². The van der Waals surface area contributed by atoms with E-state index in [-0.39, 0.29) is 11.2 Å². The molecule has 0 aliphatic carbocycles. The number of rotatable bonds is 6. The first-order valence-electron chi connectivity index (χ1n) is 5.43. The molecule has 0 aromatic rings. The van der Waals surface area contributed by atoms with Crippen molar-refractivity contribution in [2.45, 2.75) is 39.8 Å². The first kappa shape index (κ1) is 14.2. The summed E-state index contributed by atoms with van der Waals surface area (Å²) >= 11 is 0. The summed E-state index contributed by atoms with van der Waals surface area (Å²) in [5, 5.41) is 0. The van der Waals surface area contributed by atoms with Gasteiger partial charge in [-0.3, -0.25) is 9.59 Å². The van der Waals surface area contributed by atoms with Crippen LogP contribution in [0.2, 0.25) is 12.1 Å². The normalized spacial score (nSPS) is 10.9. The molecule has 0 saturated heterocycles. The standard InChI is InChI=1S/C10H20O4Si/c1-5-13-9(11)15(7-3,8-4)10(12)14-6-2/h5-8H2,1-4H3. The molecule has 0 saturated carbocycles. The fraction of sp³-hybridized carbons (Fsp3) is 0.800. The van der Waals surface area contributed by atoms with E-state index in [0.29, 0.717) is 25.3 Å². The summed E-state index contributed by atoms with van der Waals surface area (Å²) in [6, 6.07) is 1.09. The van der Waals surface area contributed by atoms with Crippen molar-refractivity contribution in [3.8, 4) is 0 Å². The van der Waals surface area contributed by atoms with Gasteiger partial charge in [-0.2, -0.15) is 0 Å². The monoisotopic (exact) mass is 232 g/mol. The molecule has 5 heteroatoms. The molecule has 0 fully saturated rings. The van der Waals surface area contributed by atoms with Gasteiger partial charge < -0.3 is 9.47 Å². The van der Waals surface area contributed by atoms with Gasteiger partial charge in [-0.25, -0.2) is 0 Å². The van der Waals surface area contributed by atoms with Gasteiger partial charge in [-0.05, 0) is 25.9 Å². The Morgan fingerprint density at radius 1 is 0.867 bits per heavy atom. The van der Waals surface area contributed by atoms with Crippen molar-refractivity contribution in [3.63, 3.8) is 0 Å². The highest BCUT2D eigenvalue weighted by molar-refractivity contribution is 7.23. The smallest absolute Gasteiger partial charge is 0.311 e. The second kappa shape index (κ2) is 6.61. The van der Waals surface area contributed by atoms with Gasteiger partial charge in [0, 0.05) is 0 Å². The van der Waals surface area contributed by atoms with Crippen LogP contribution >= 0.6 is 0 Å². The van der Waals surface area contributed by atoms with Crippen molar-refractivity contribution in [2.24, 2.45) is 0 Å². The molecule has 0 unspecified atom stereocenters. The Bertz CT molecular complexity index is 203. The molecule has 0 aliphatic heterocycles. The predicted octanol–water partition coefficient (Wildman–Crippen LogP) is 2.95. The molecule has 0 aliphatic rings. The number of ether oxygens (including phenoxy) is 2. The van der Waals surface area contributed by atoms with Gasteiger partial charge in [-0.1, -0.05) is 13.8 Å². The maximum Gasteiger partial charge on any atom is 0.311 e. The third kappa shape index (κ3) is 3.05. The molecule has 0 N–H and O–H groups in total. The maximum absolute atomic E-state index is 11.8. The molecule has 0 heterocycles. The van der Waals surface area contributed by atoms with Crippen LogP contribution in [0.25, 0.3) is 0 Å². The van der Waals surface area contributed by atoms with E-state index in [9.17, 15) is 9.59 Å². The molecule has 0 radical (unpaired) electrons. The summed E-state index contributed by atoms with van der Waals surface area (Å²) < 4.78 is 9.96. The molecule has 0 atom stereocenters. The molecule has 4 nitrogen and oxygen atoms in total. The topological polar surface area (TPSA) is 52.6 Å². The molecule has 0 spiro atoms. The van der Waals surface area contributed by atoms with Crippen molar-refractivity contribution in [1.82, 2.24) is 0 Å². The van der Waals surface area contributed by atoms with Crippen LogP contribution in [0.5, 0.6) is 0 Å². The average Bonchev–Trinajstić information content (AvgIpc) is 2.21. The lowest BCUT2D eigenvalue weighted by atomic mass is 10.9. The second-order valence-corrected chi connectivity index (χ2v) is 7.63. The Morgan fingerprint density at radius 2 is 1.20 bits per heavy atom. The third-order valence-corrected chi connectivity index (χ3v) is 6.81. The van der Waals surface area contributed by atoms with Gasteiger partial charge in [0.05, 0.1) is 13.2 Å². The summed E-state index contributed by atoms with van der Waals surface area (Å²) in [6.45, 7) is 7.81. The van der Waals surface area contributed by atoms with Crippen LogP contribution in [0, 0.1) is 0 Å². The highest BCUT2D eigenvalue weighted by Gasteiger charge is 2.49. The van der Waals surface area contributed by atoms with Gasteiger partial charge in [-0.15, -0.1) is 0 Å². The molecular formula is C10H20O4Si. The van der Waals surface area contributed by atoms with Crippen LogP contribution in [0.4, 0.5) is 9.59 Å². The third-order valence-electron chi connectivity index (χ3n) is 2.54. The lowest BCUT2D eigenvalue weighted by Gasteiger charge is -2.23. The molecule has 0 rings (SSSR count). The maximum atomic E-state index is 11.8. The first-order chi connectivity index (χ1) is 7.08. The Labute approximate surface area is 92.0 Å². The summed E-state index contributed by atoms with van der Waals surface area (Å²) in [7, 11) is -2.71. The van der Waals surface area contributed by atoms with E-state index < -0.39 is 8.07 Å². The Morgan fingerprint density at radius 3 is 1.40 bits per heavy atom. The van der Waals surface area contributed by atoms with E-state index >= 15 is 0 Å². The predicted molar refractivity (Wildman–Crippen MR) is 60.8 cm³/mol. The number of hydrogen-bond donors (Lipinski definition) is 0. The van der Waals surface area contributed by atoms with Crippen LogP contribution in [0.1, 0.15) is 27.7 Å². The summed E-state index contributed by atoms with van der Waals surface area (Å²) in [5.74, 6) is 0. The molecule has 0 aromatic heterocycles. The highest BCUT2D eigenvalue weighted by atomic mass is 28.3. The van der Waals surface area contributed by atoms with Crippen LogP contribution in [-0.2, 0) is 9.47 Å². The Hall–Kier alpha value is -0.843. The van der Waals surface area contributed by atoms with E-state index in [1.807, 2.05) is 13.8 Å². The number of carbonyl (C=O) groups excluding carboxylic acids is 2. The van der Waals surface area contributed by atoms with Crippen molar-refractivity contribution in [1.29, 1.82) is 0 Å². The summed E-state index contributed by atoms with van der Waals surface area (Å²) in [5.41, 5.74) is -0.679. The number of hydrogen-bond acceptors (Lipinski definition) is 4. The van der Waals surface area contributed by atoms with E-state index in [1.54, 1.807) is 13.8 Å². The Balaban J connectivity index is 4.86. The van der Waals surface area contributed by atoms with Crippen LogP contribution in [0.3, 0.4) is 0 Å². The molecule has 0 amide bonds. The molecular weight excluding hydrogens is 212 g/mol. The first-order valence-corrected chi connectivity index (χ1v) is 7.84. The zero-order chi connectivity index (χ0) is 11.9. The average molecular weight is 232 g/mol. The van der Waals surface area contributed by atoms with Crippen molar-refractivity contribution in [2.75, 3.05) is 13.2 Å². The largest absolute Gasteiger partial charge is 0.470 e. The lowest BCUT2D eigenvalue weighted by molar-refractivity contribution is 0.166. The SMILES string of the molecule is CCOC(=O)[Si](CC)(CC)C(=O)OCC. The van der Waals surface area contributed by atoms with Crippen LogP contribution in [-0.4, -0.2) is 32.5 Å². The minimum absolute atomic E-state index is 0.312.